The van der Waals surface area contributed by atoms with Gasteiger partial charge < -0.3 is 15.2 Å². The van der Waals surface area contributed by atoms with Crippen LogP contribution in [-0.4, -0.2) is 36.9 Å². The number of unbranched alkanes of at least 4 members (excludes halogenated alkanes) is 2. The Morgan fingerprint density at radius 2 is 2.20 bits per heavy atom. The monoisotopic (exact) mass is 237 g/mol. The van der Waals surface area contributed by atoms with Crippen molar-refractivity contribution in [1.29, 1.82) is 0 Å². The summed E-state index contributed by atoms with van der Waals surface area (Å²) in [4.78, 5) is 10.2. The number of hydrogen-bond donors (Lipinski definition) is 2. The van der Waals surface area contributed by atoms with Crippen LogP contribution >= 0.6 is 12.4 Å². The van der Waals surface area contributed by atoms with Gasteiger partial charge in [-0.25, -0.2) is 0 Å². The van der Waals surface area contributed by atoms with Gasteiger partial charge in [-0.3, -0.25) is 4.79 Å². The van der Waals surface area contributed by atoms with Crippen molar-refractivity contribution in [2.75, 3.05) is 19.7 Å². The Balaban J connectivity index is 0.00000196. The van der Waals surface area contributed by atoms with E-state index in [0.717, 1.165) is 45.4 Å². The summed E-state index contributed by atoms with van der Waals surface area (Å²) in [6.45, 7) is 2.80. The summed E-state index contributed by atoms with van der Waals surface area (Å²) in [5, 5.41) is 11.6. The number of aliphatic carboxylic acids is 1. The van der Waals surface area contributed by atoms with Gasteiger partial charge >= 0.3 is 5.97 Å². The van der Waals surface area contributed by atoms with Gasteiger partial charge in [0.25, 0.3) is 0 Å². The third-order valence-corrected chi connectivity index (χ3v) is 2.40. The van der Waals surface area contributed by atoms with Crippen LogP contribution in [0.5, 0.6) is 0 Å². The van der Waals surface area contributed by atoms with Crippen LogP contribution in [0.4, 0.5) is 0 Å². The fourth-order valence-corrected chi connectivity index (χ4v) is 1.58. The average molecular weight is 238 g/mol. The third-order valence-electron chi connectivity index (χ3n) is 2.40. The summed E-state index contributed by atoms with van der Waals surface area (Å²) in [6, 6.07) is 0. The third kappa shape index (κ3) is 7.59. The zero-order valence-corrected chi connectivity index (χ0v) is 9.72. The number of hydrogen-bond acceptors (Lipinski definition) is 3. The summed E-state index contributed by atoms with van der Waals surface area (Å²) in [5.74, 6) is -0.703. The number of carbonyl (C=O) groups is 1. The van der Waals surface area contributed by atoms with Crippen LogP contribution in [0.3, 0.4) is 0 Å². The first-order valence-electron chi connectivity index (χ1n) is 5.33. The van der Waals surface area contributed by atoms with E-state index in [1.165, 1.54) is 0 Å². The predicted molar refractivity (Wildman–Crippen MR) is 60.6 cm³/mol. The van der Waals surface area contributed by atoms with E-state index >= 15 is 0 Å². The van der Waals surface area contributed by atoms with Gasteiger partial charge in [0, 0.05) is 19.6 Å². The van der Waals surface area contributed by atoms with E-state index < -0.39 is 5.97 Å². The molecule has 0 unspecified atom stereocenters. The minimum Gasteiger partial charge on any atom is -0.481 e. The molecule has 0 amide bonds. The van der Waals surface area contributed by atoms with E-state index in [1.807, 2.05) is 0 Å². The van der Waals surface area contributed by atoms with Crippen molar-refractivity contribution in [3.63, 3.8) is 0 Å². The molecule has 0 aromatic rings. The van der Waals surface area contributed by atoms with Crippen molar-refractivity contribution >= 4 is 18.4 Å². The molecule has 0 aromatic carbocycles. The largest absolute Gasteiger partial charge is 0.481 e. The van der Waals surface area contributed by atoms with Gasteiger partial charge in [0.05, 0.1) is 6.10 Å². The van der Waals surface area contributed by atoms with Crippen LogP contribution in [0, 0.1) is 0 Å². The van der Waals surface area contributed by atoms with Crippen molar-refractivity contribution in [3.8, 4) is 0 Å². The smallest absolute Gasteiger partial charge is 0.303 e. The molecule has 90 valence electrons. The van der Waals surface area contributed by atoms with E-state index in [-0.39, 0.29) is 18.8 Å². The van der Waals surface area contributed by atoms with Crippen molar-refractivity contribution in [2.24, 2.45) is 0 Å². The summed E-state index contributed by atoms with van der Waals surface area (Å²) in [6.07, 6.45) is 4.47. The maximum atomic E-state index is 10.2. The molecule has 4 nitrogen and oxygen atoms in total. The second-order valence-electron chi connectivity index (χ2n) is 3.69. The second-order valence-corrected chi connectivity index (χ2v) is 3.69. The fourth-order valence-electron chi connectivity index (χ4n) is 1.58. The standard InChI is InChI=1S/C10H19NO3.ClH/c12-10(13)4-2-1-3-7-14-9-5-6-11-8-9;/h9,11H,1-8H2,(H,12,13);1H/t9-;/m1./s1. The minimum absolute atomic E-state index is 0. The first kappa shape index (κ1) is 14.7. The number of ether oxygens (including phenoxy) is 1. The Morgan fingerprint density at radius 1 is 1.40 bits per heavy atom. The summed E-state index contributed by atoms with van der Waals surface area (Å²) in [7, 11) is 0. The average Bonchev–Trinajstić information content (AvgIpc) is 2.63. The molecule has 15 heavy (non-hydrogen) atoms. The van der Waals surface area contributed by atoms with E-state index in [4.69, 9.17) is 9.84 Å². The normalized spacial score (nSPS) is 19.9. The van der Waals surface area contributed by atoms with E-state index in [1.54, 1.807) is 0 Å². The Kier molecular flexibility index (Phi) is 8.76. The molecule has 1 heterocycles. The van der Waals surface area contributed by atoms with E-state index in [2.05, 4.69) is 5.32 Å². The predicted octanol–water partition coefficient (Wildman–Crippen LogP) is 1.43. The van der Waals surface area contributed by atoms with Gasteiger partial charge in [-0.05, 0) is 25.8 Å². The lowest BCUT2D eigenvalue weighted by molar-refractivity contribution is -0.137. The quantitative estimate of drug-likeness (QED) is 0.658. The summed E-state index contributed by atoms with van der Waals surface area (Å²) < 4.78 is 5.60. The first-order valence-corrected chi connectivity index (χ1v) is 5.33. The highest BCUT2D eigenvalue weighted by atomic mass is 35.5. The maximum absolute atomic E-state index is 10.2. The van der Waals surface area contributed by atoms with Gasteiger partial charge in [0.1, 0.15) is 0 Å². The summed E-state index contributed by atoms with van der Waals surface area (Å²) in [5.41, 5.74) is 0. The van der Waals surface area contributed by atoms with Gasteiger partial charge in [-0.15, -0.1) is 12.4 Å². The molecule has 0 aliphatic carbocycles. The molecule has 1 aliphatic rings. The number of carboxylic acids is 1. The number of carboxylic acid groups (broad SMARTS) is 1. The van der Waals surface area contributed by atoms with Crippen LogP contribution in [0.1, 0.15) is 32.1 Å². The van der Waals surface area contributed by atoms with Crippen LogP contribution in [0.2, 0.25) is 0 Å². The molecule has 1 aliphatic heterocycles. The van der Waals surface area contributed by atoms with E-state index in [9.17, 15) is 4.79 Å². The molecule has 1 atom stereocenters. The lowest BCUT2D eigenvalue weighted by Gasteiger charge is -2.09. The molecule has 0 saturated carbocycles. The minimum atomic E-state index is -0.703. The van der Waals surface area contributed by atoms with Crippen LogP contribution in [0.15, 0.2) is 0 Å². The Hall–Kier alpha value is -0.320. The topological polar surface area (TPSA) is 58.6 Å². The van der Waals surface area contributed by atoms with Crippen molar-refractivity contribution in [2.45, 2.75) is 38.2 Å². The fraction of sp³-hybridized carbons (Fsp3) is 0.900. The molecule has 1 rings (SSSR count). The highest BCUT2D eigenvalue weighted by Gasteiger charge is 2.13. The lowest BCUT2D eigenvalue weighted by Crippen LogP contribution is -2.17. The second kappa shape index (κ2) is 8.95. The van der Waals surface area contributed by atoms with Crippen molar-refractivity contribution in [1.82, 2.24) is 5.32 Å². The van der Waals surface area contributed by atoms with Gasteiger partial charge in [0.15, 0.2) is 0 Å². The SMILES string of the molecule is Cl.O=C(O)CCCCCO[C@@H]1CCNC1. The number of rotatable bonds is 7. The number of halogens is 1. The highest BCUT2D eigenvalue weighted by molar-refractivity contribution is 5.85. The number of nitrogens with one attached hydrogen (secondary N) is 1. The Morgan fingerprint density at radius 3 is 2.80 bits per heavy atom. The molecule has 0 bridgehead atoms. The van der Waals surface area contributed by atoms with Crippen LogP contribution in [-0.2, 0) is 9.53 Å². The molecular weight excluding hydrogens is 218 g/mol. The summed E-state index contributed by atoms with van der Waals surface area (Å²) >= 11 is 0. The molecule has 1 fully saturated rings. The Bertz CT molecular complexity index is 172. The zero-order valence-electron chi connectivity index (χ0n) is 8.91. The first-order chi connectivity index (χ1) is 6.79. The maximum Gasteiger partial charge on any atom is 0.303 e. The van der Waals surface area contributed by atoms with Gasteiger partial charge in [-0.1, -0.05) is 6.42 Å². The molecule has 2 N–H and O–H groups in total. The van der Waals surface area contributed by atoms with Gasteiger partial charge in [-0.2, -0.15) is 0 Å². The molecule has 0 spiro atoms. The Labute approximate surface area is 96.8 Å². The lowest BCUT2D eigenvalue weighted by atomic mass is 10.2. The molecule has 0 radical (unpaired) electrons. The molecule has 1 saturated heterocycles. The molecule has 0 aromatic heterocycles. The molecular formula is C10H20ClNO3. The van der Waals surface area contributed by atoms with Gasteiger partial charge in [0.2, 0.25) is 0 Å². The molecule has 5 heteroatoms. The zero-order chi connectivity index (χ0) is 10.2. The van der Waals surface area contributed by atoms with Crippen molar-refractivity contribution < 1.29 is 14.6 Å². The van der Waals surface area contributed by atoms with Crippen LogP contribution in [0.25, 0.3) is 0 Å². The van der Waals surface area contributed by atoms with Crippen LogP contribution < -0.4 is 5.32 Å². The van der Waals surface area contributed by atoms with Crippen molar-refractivity contribution in [3.05, 3.63) is 0 Å². The van der Waals surface area contributed by atoms with E-state index in [0.29, 0.717) is 6.10 Å². The highest BCUT2D eigenvalue weighted by Crippen LogP contribution is 2.05.